The first kappa shape index (κ1) is 17.8. The molecule has 0 saturated carbocycles. The van der Waals surface area contributed by atoms with E-state index in [-0.39, 0.29) is 36.4 Å². The fraction of sp³-hybridized carbons (Fsp3) is 0.312. The van der Waals surface area contributed by atoms with Crippen LogP contribution in [0.4, 0.5) is 17.6 Å². The van der Waals surface area contributed by atoms with E-state index < -0.39 is 11.9 Å². The predicted octanol–water partition coefficient (Wildman–Crippen LogP) is 3.44. The maximum absolute atomic E-state index is 12.9. The van der Waals surface area contributed by atoms with Crippen molar-refractivity contribution >= 4 is 5.91 Å². The Balaban J connectivity index is 1.90. The highest BCUT2D eigenvalue weighted by Gasteiger charge is 2.32. The van der Waals surface area contributed by atoms with Crippen LogP contribution in [0, 0.1) is 5.82 Å². The lowest BCUT2D eigenvalue weighted by Crippen LogP contribution is -2.25. The molecule has 4 nitrogen and oxygen atoms in total. The van der Waals surface area contributed by atoms with Crippen LogP contribution in [0.3, 0.4) is 0 Å². The van der Waals surface area contributed by atoms with Crippen molar-refractivity contribution in [3.05, 3.63) is 59.4 Å². The summed E-state index contributed by atoms with van der Waals surface area (Å²) in [6, 6.07) is 6.55. The molecule has 1 atom stereocenters. The van der Waals surface area contributed by atoms with Gasteiger partial charge in [0.25, 0.3) is 0 Å². The second-order valence-electron chi connectivity index (χ2n) is 5.29. The van der Waals surface area contributed by atoms with Gasteiger partial charge in [-0.25, -0.2) is 14.4 Å². The lowest BCUT2D eigenvalue weighted by atomic mass is 9.97. The lowest BCUT2D eigenvalue weighted by Gasteiger charge is -2.12. The highest BCUT2D eigenvalue weighted by molar-refractivity contribution is 5.76. The van der Waals surface area contributed by atoms with E-state index >= 15 is 0 Å². The van der Waals surface area contributed by atoms with Crippen molar-refractivity contribution in [2.45, 2.75) is 32.0 Å². The maximum Gasteiger partial charge on any atom is 0.433 e. The van der Waals surface area contributed by atoms with Crippen molar-refractivity contribution in [2.24, 2.45) is 0 Å². The third kappa shape index (κ3) is 5.00. The van der Waals surface area contributed by atoms with Crippen LogP contribution in [-0.2, 0) is 17.5 Å². The largest absolute Gasteiger partial charge is 0.433 e. The second-order valence-corrected chi connectivity index (χ2v) is 5.29. The summed E-state index contributed by atoms with van der Waals surface area (Å²) in [5, 5.41) is 2.48. The topological polar surface area (TPSA) is 54.9 Å². The molecule has 0 radical (unpaired) electrons. The van der Waals surface area contributed by atoms with Gasteiger partial charge in [0.15, 0.2) is 0 Å². The molecule has 0 fully saturated rings. The van der Waals surface area contributed by atoms with Gasteiger partial charge in [-0.1, -0.05) is 19.1 Å². The third-order valence-corrected chi connectivity index (χ3v) is 3.37. The summed E-state index contributed by atoms with van der Waals surface area (Å²) in [7, 11) is 0. The zero-order chi connectivity index (χ0) is 17.7. The van der Waals surface area contributed by atoms with Gasteiger partial charge in [0, 0.05) is 12.6 Å². The van der Waals surface area contributed by atoms with Crippen LogP contribution < -0.4 is 5.32 Å². The molecule has 1 amide bonds. The van der Waals surface area contributed by atoms with Gasteiger partial charge in [-0.3, -0.25) is 4.79 Å². The highest BCUT2D eigenvalue weighted by atomic mass is 19.4. The standard InChI is InChI=1S/C16H15F4N3O/c1-10(11-2-4-12(17)5-3-11)8-15(24)22-9-14-21-7-6-13(23-14)16(18,19)20/h2-7,10H,8-9H2,1H3,(H,22,24). The Morgan fingerprint density at radius 3 is 2.50 bits per heavy atom. The molecule has 0 aliphatic carbocycles. The molecule has 0 aliphatic heterocycles. The first-order valence-electron chi connectivity index (χ1n) is 7.17. The summed E-state index contributed by atoms with van der Waals surface area (Å²) in [5.74, 6) is -0.995. The number of hydrogen-bond donors (Lipinski definition) is 1. The van der Waals surface area contributed by atoms with E-state index in [1.165, 1.54) is 12.1 Å². The van der Waals surface area contributed by atoms with Crippen LogP contribution in [0.15, 0.2) is 36.5 Å². The zero-order valence-electron chi connectivity index (χ0n) is 12.8. The van der Waals surface area contributed by atoms with Crippen LogP contribution >= 0.6 is 0 Å². The molecule has 1 unspecified atom stereocenters. The van der Waals surface area contributed by atoms with Crippen LogP contribution in [0.1, 0.15) is 36.3 Å². The Hall–Kier alpha value is -2.51. The number of hydrogen-bond acceptors (Lipinski definition) is 3. The summed E-state index contributed by atoms with van der Waals surface area (Å²) in [4.78, 5) is 19.0. The molecular weight excluding hydrogens is 326 g/mol. The van der Waals surface area contributed by atoms with Gasteiger partial charge in [0.1, 0.15) is 17.3 Å². The van der Waals surface area contributed by atoms with Crippen molar-refractivity contribution < 1.29 is 22.4 Å². The van der Waals surface area contributed by atoms with Crippen LogP contribution in [-0.4, -0.2) is 15.9 Å². The Kier molecular flexibility index (Phi) is 5.48. The molecule has 2 rings (SSSR count). The number of nitrogens with zero attached hydrogens (tertiary/aromatic N) is 2. The summed E-state index contributed by atoms with van der Waals surface area (Å²) in [6.45, 7) is 1.60. The van der Waals surface area contributed by atoms with Crippen molar-refractivity contribution in [1.29, 1.82) is 0 Å². The Morgan fingerprint density at radius 2 is 1.88 bits per heavy atom. The number of carbonyl (C=O) groups is 1. The van der Waals surface area contributed by atoms with Crippen molar-refractivity contribution in [3.8, 4) is 0 Å². The molecule has 0 bridgehead atoms. The minimum atomic E-state index is -4.56. The fourth-order valence-corrected chi connectivity index (χ4v) is 2.08. The van der Waals surface area contributed by atoms with Gasteiger partial charge in [0.2, 0.25) is 5.91 Å². The van der Waals surface area contributed by atoms with Crippen molar-refractivity contribution in [2.75, 3.05) is 0 Å². The molecule has 0 spiro atoms. The molecule has 8 heteroatoms. The zero-order valence-corrected chi connectivity index (χ0v) is 12.8. The second kappa shape index (κ2) is 7.37. The smallest absolute Gasteiger partial charge is 0.349 e. The monoisotopic (exact) mass is 341 g/mol. The molecule has 24 heavy (non-hydrogen) atoms. The molecule has 2 aromatic rings. The minimum absolute atomic E-state index is 0.116. The Labute approximate surface area is 135 Å². The quantitative estimate of drug-likeness (QED) is 0.848. The molecule has 1 heterocycles. The van der Waals surface area contributed by atoms with Crippen LogP contribution in [0.25, 0.3) is 0 Å². The first-order chi connectivity index (χ1) is 11.3. The van der Waals surface area contributed by atoms with E-state index in [9.17, 15) is 22.4 Å². The molecule has 0 aliphatic rings. The van der Waals surface area contributed by atoms with E-state index in [1.54, 1.807) is 19.1 Å². The number of aromatic nitrogens is 2. The number of amides is 1. The predicted molar refractivity (Wildman–Crippen MR) is 78.3 cm³/mol. The molecular formula is C16H15F4N3O. The molecule has 1 aromatic carbocycles. The highest BCUT2D eigenvalue weighted by Crippen LogP contribution is 2.26. The van der Waals surface area contributed by atoms with Gasteiger partial charge in [-0.15, -0.1) is 0 Å². The van der Waals surface area contributed by atoms with Gasteiger partial charge < -0.3 is 5.32 Å². The number of carbonyl (C=O) groups excluding carboxylic acids is 1. The Morgan fingerprint density at radius 1 is 1.21 bits per heavy atom. The van der Waals surface area contributed by atoms with Gasteiger partial charge >= 0.3 is 6.18 Å². The van der Waals surface area contributed by atoms with Crippen LogP contribution in [0.5, 0.6) is 0 Å². The number of halogens is 4. The third-order valence-electron chi connectivity index (χ3n) is 3.37. The molecule has 1 N–H and O–H groups in total. The van der Waals surface area contributed by atoms with Gasteiger partial charge in [-0.2, -0.15) is 13.2 Å². The minimum Gasteiger partial charge on any atom is -0.349 e. The number of nitrogens with one attached hydrogen (secondary N) is 1. The fourth-order valence-electron chi connectivity index (χ4n) is 2.08. The maximum atomic E-state index is 12.9. The molecule has 1 aromatic heterocycles. The Bertz CT molecular complexity index is 701. The van der Waals surface area contributed by atoms with Crippen molar-refractivity contribution in [1.82, 2.24) is 15.3 Å². The summed E-state index contributed by atoms with van der Waals surface area (Å²) in [5.41, 5.74) is -0.261. The van der Waals surface area contributed by atoms with E-state index in [2.05, 4.69) is 15.3 Å². The lowest BCUT2D eigenvalue weighted by molar-refractivity contribution is -0.141. The number of alkyl halides is 3. The van der Waals surface area contributed by atoms with E-state index in [4.69, 9.17) is 0 Å². The average molecular weight is 341 g/mol. The summed E-state index contributed by atoms with van der Waals surface area (Å²) < 4.78 is 50.5. The number of benzene rings is 1. The average Bonchev–Trinajstić information content (AvgIpc) is 2.53. The summed E-state index contributed by atoms with van der Waals surface area (Å²) >= 11 is 0. The normalized spacial score (nSPS) is 12.7. The van der Waals surface area contributed by atoms with Gasteiger partial charge in [0.05, 0.1) is 6.54 Å². The SMILES string of the molecule is CC(CC(=O)NCc1nccc(C(F)(F)F)n1)c1ccc(F)cc1. The van der Waals surface area contributed by atoms with E-state index in [0.717, 1.165) is 17.8 Å². The van der Waals surface area contributed by atoms with Gasteiger partial charge in [-0.05, 0) is 29.7 Å². The van der Waals surface area contributed by atoms with E-state index in [0.29, 0.717) is 0 Å². The molecule has 0 saturated heterocycles. The van der Waals surface area contributed by atoms with E-state index in [1.807, 2.05) is 0 Å². The number of rotatable bonds is 5. The van der Waals surface area contributed by atoms with Crippen LogP contribution in [0.2, 0.25) is 0 Å². The first-order valence-corrected chi connectivity index (χ1v) is 7.17. The molecule has 128 valence electrons. The van der Waals surface area contributed by atoms with Crippen molar-refractivity contribution in [3.63, 3.8) is 0 Å². The summed E-state index contributed by atoms with van der Waals surface area (Å²) in [6.07, 6.45) is -3.44.